The zero-order chi connectivity index (χ0) is 20.8. The number of aliphatic hydroxyl groups is 4. The van der Waals surface area contributed by atoms with Crippen LogP contribution in [0.3, 0.4) is 0 Å². The van der Waals surface area contributed by atoms with Crippen molar-refractivity contribution in [1.82, 2.24) is 0 Å². The lowest BCUT2D eigenvalue weighted by atomic mass is 9.52. The van der Waals surface area contributed by atoms with E-state index in [1.54, 1.807) is 13.8 Å². The molecule has 2 aliphatic carbocycles. The Morgan fingerprint density at radius 1 is 1.25 bits per heavy atom. The van der Waals surface area contributed by atoms with Crippen molar-refractivity contribution in [1.29, 1.82) is 0 Å². The maximum Gasteiger partial charge on any atom is 0.338 e. The van der Waals surface area contributed by atoms with E-state index in [0.29, 0.717) is 5.57 Å². The minimum atomic E-state index is -2.39. The van der Waals surface area contributed by atoms with E-state index >= 15 is 0 Å². The third-order valence-electron chi connectivity index (χ3n) is 7.13. The van der Waals surface area contributed by atoms with E-state index in [4.69, 9.17) is 9.47 Å². The van der Waals surface area contributed by atoms with Gasteiger partial charge in [0.25, 0.3) is 0 Å². The molecule has 2 aliphatic heterocycles. The van der Waals surface area contributed by atoms with Crippen molar-refractivity contribution < 1.29 is 44.3 Å². The topological polar surface area (TPSA) is 151 Å². The van der Waals surface area contributed by atoms with Crippen LogP contribution in [0.2, 0.25) is 0 Å². The molecular weight excluding hydrogens is 372 g/mol. The first-order chi connectivity index (χ1) is 13.0. The molecule has 4 rings (SSSR count). The number of aliphatic hydroxyl groups excluding tert-OH is 3. The molecule has 0 aromatic carbocycles. The fourth-order valence-electron chi connectivity index (χ4n) is 5.88. The molecule has 7 atom stereocenters. The normalized spacial score (nSPS) is 47.6. The largest absolute Gasteiger partial charge is 0.504 e. The summed E-state index contributed by atoms with van der Waals surface area (Å²) in [5.74, 6) is -4.62. The van der Waals surface area contributed by atoms with E-state index in [1.165, 1.54) is 13.0 Å². The first-order valence-electron chi connectivity index (χ1n) is 9.05. The zero-order valence-corrected chi connectivity index (χ0v) is 15.6. The second-order valence-electron chi connectivity index (χ2n) is 8.42. The average molecular weight is 394 g/mol. The van der Waals surface area contributed by atoms with E-state index in [2.05, 4.69) is 0 Å². The van der Waals surface area contributed by atoms with Gasteiger partial charge >= 0.3 is 11.9 Å². The van der Waals surface area contributed by atoms with Gasteiger partial charge in [-0.15, -0.1) is 0 Å². The molecule has 1 saturated carbocycles. The van der Waals surface area contributed by atoms with Crippen LogP contribution in [0.25, 0.3) is 0 Å². The summed E-state index contributed by atoms with van der Waals surface area (Å²) < 4.78 is 10.7. The van der Waals surface area contributed by atoms with Gasteiger partial charge in [0.05, 0.1) is 17.9 Å². The molecule has 0 amide bonds. The maximum absolute atomic E-state index is 12.8. The van der Waals surface area contributed by atoms with Crippen molar-refractivity contribution in [2.24, 2.45) is 16.7 Å². The maximum atomic E-state index is 12.8. The third-order valence-corrected chi connectivity index (χ3v) is 7.13. The predicted molar refractivity (Wildman–Crippen MR) is 90.5 cm³/mol. The molecular formula is C19H22O9. The number of carbonyl (C=O) groups is 3. The van der Waals surface area contributed by atoms with Crippen LogP contribution in [-0.2, 0) is 23.9 Å². The van der Waals surface area contributed by atoms with Crippen LogP contribution in [0.5, 0.6) is 0 Å². The van der Waals surface area contributed by atoms with E-state index in [-0.39, 0.29) is 12.0 Å². The molecule has 152 valence electrons. The summed E-state index contributed by atoms with van der Waals surface area (Å²) in [5, 5.41) is 43.2. The highest BCUT2D eigenvalue weighted by atomic mass is 16.6. The highest BCUT2D eigenvalue weighted by molar-refractivity contribution is 6.00. The molecule has 2 heterocycles. The smallest absolute Gasteiger partial charge is 0.338 e. The number of Topliss-reactive ketones (excluding diaryl/α,β-unsaturated/α-hetero) is 1. The number of cyclic esters (lactones) is 1. The van der Waals surface area contributed by atoms with Gasteiger partial charge < -0.3 is 29.9 Å². The van der Waals surface area contributed by atoms with E-state index in [0.717, 1.165) is 0 Å². The standard InChI is InChI=1S/C19H22O9/c1-7-4-10(21)28-15(7)17(3)5-9-18(6-20)13(17)12(23)11(22)8(2)19(18,26)14(24)16(25)27-9/h4,8-9,14-15,20,23-24,26H,5-6H2,1-3H3/t8-,9+,14-,15+,17-,18+,19-/m0/s1. The summed E-state index contributed by atoms with van der Waals surface area (Å²) in [5.41, 5.74) is -4.99. The molecule has 0 aromatic heterocycles. The van der Waals surface area contributed by atoms with Gasteiger partial charge in [0.1, 0.15) is 17.8 Å². The van der Waals surface area contributed by atoms with Crippen LogP contribution in [0, 0.1) is 16.7 Å². The quantitative estimate of drug-likeness (QED) is 0.446. The van der Waals surface area contributed by atoms with Crippen molar-refractivity contribution in [2.75, 3.05) is 6.61 Å². The summed E-state index contributed by atoms with van der Waals surface area (Å²) in [6.45, 7) is 3.74. The number of esters is 2. The Kier molecular flexibility index (Phi) is 3.70. The monoisotopic (exact) mass is 394 g/mol. The van der Waals surface area contributed by atoms with Crippen LogP contribution >= 0.6 is 0 Å². The molecule has 9 heteroatoms. The number of ether oxygens (including phenoxy) is 2. The Balaban J connectivity index is 2.03. The van der Waals surface area contributed by atoms with E-state index in [9.17, 15) is 34.8 Å². The van der Waals surface area contributed by atoms with Gasteiger partial charge in [-0.3, -0.25) is 4.79 Å². The van der Waals surface area contributed by atoms with Crippen LogP contribution in [0.1, 0.15) is 27.2 Å². The van der Waals surface area contributed by atoms with Gasteiger partial charge in [-0.2, -0.15) is 0 Å². The minimum absolute atomic E-state index is 0.0309. The van der Waals surface area contributed by atoms with Crippen molar-refractivity contribution >= 4 is 17.7 Å². The van der Waals surface area contributed by atoms with E-state index < -0.39 is 70.7 Å². The molecule has 4 N–H and O–H groups in total. The molecule has 0 unspecified atom stereocenters. The first kappa shape index (κ1) is 19.1. The summed E-state index contributed by atoms with van der Waals surface area (Å²) in [4.78, 5) is 36.9. The Morgan fingerprint density at radius 2 is 1.89 bits per heavy atom. The fraction of sp³-hybridized carbons (Fsp3) is 0.632. The highest BCUT2D eigenvalue weighted by Crippen LogP contribution is 2.68. The zero-order valence-electron chi connectivity index (χ0n) is 15.6. The number of hydrogen-bond donors (Lipinski definition) is 4. The summed E-state index contributed by atoms with van der Waals surface area (Å²) >= 11 is 0. The lowest BCUT2D eigenvalue weighted by Crippen LogP contribution is -2.74. The fourth-order valence-corrected chi connectivity index (χ4v) is 5.88. The minimum Gasteiger partial charge on any atom is -0.504 e. The van der Waals surface area contributed by atoms with Crippen LogP contribution in [-0.4, -0.2) is 68.7 Å². The van der Waals surface area contributed by atoms with E-state index in [1.807, 2.05) is 0 Å². The molecule has 1 saturated heterocycles. The van der Waals surface area contributed by atoms with Crippen molar-refractivity contribution in [2.45, 2.75) is 51.1 Å². The lowest BCUT2D eigenvalue weighted by Gasteiger charge is -2.57. The molecule has 0 spiro atoms. The highest BCUT2D eigenvalue weighted by Gasteiger charge is 2.79. The Morgan fingerprint density at radius 3 is 2.43 bits per heavy atom. The van der Waals surface area contributed by atoms with Crippen LogP contribution in [0.15, 0.2) is 23.0 Å². The molecule has 0 bridgehead atoms. The molecule has 2 fully saturated rings. The Hall–Kier alpha value is -2.23. The van der Waals surface area contributed by atoms with Crippen molar-refractivity contribution in [3.8, 4) is 0 Å². The third kappa shape index (κ3) is 1.80. The number of allylic oxidation sites excluding steroid dienone is 1. The van der Waals surface area contributed by atoms with Gasteiger partial charge in [0.2, 0.25) is 5.78 Å². The summed E-state index contributed by atoms with van der Waals surface area (Å²) in [6, 6.07) is 0. The second kappa shape index (κ2) is 5.43. The SMILES string of the molecule is CC1=CC(=O)O[C@H]1[C@@]1(C)C[C@H]2OC(=O)[C@H](O)[C@@]3(O)[C@@H](C)C(=O)C(O)=C1[C@@]23CO. The molecule has 28 heavy (non-hydrogen) atoms. The average Bonchev–Trinajstić information content (AvgIpc) is 3.11. The van der Waals surface area contributed by atoms with Gasteiger partial charge in [-0.1, -0.05) is 13.8 Å². The van der Waals surface area contributed by atoms with Gasteiger partial charge in [-0.05, 0) is 18.9 Å². The molecule has 0 aromatic rings. The van der Waals surface area contributed by atoms with Crippen LogP contribution in [0.4, 0.5) is 0 Å². The van der Waals surface area contributed by atoms with Crippen molar-refractivity contribution in [3.63, 3.8) is 0 Å². The summed E-state index contributed by atoms with van der Waals surface area (Å²) in [7, 11) is 0. The van der Waals surface area contributed by atoms with Gasteiger partial charge in [0.15, 0.2) is 11.9 Å². The first-order valence-corrected chi connectivity index (χ1v) is 9.05. The lowest BCUT2D eigenvalue weighted by molar-refractivity contribution is -0.257. The number of carbonyl (C=O) groups excluding carboxylic acids is 3. The number of ketones is 1. The van der Waals surface area contributed by atoms with Crippen LogP contribution < -0.4 is 0 Å². The number of hydrogen-bond acceptors (Lipinski definition) is 9. The number of rotatable bonds is 2. The Bertz CT molecular complexity index is 873. The molecule has 4 aliphatic rings. The molecule has 0 radical (unpaired) electrons. The van der Waals surface area contributed by atoms with Gasteiger partial charge in [-0.25, -0.2) is 9.59 Å². The van der Waals surface area contributed by atoms with Gasteiger partial charge in [0, 0.05) is 17.1 Å². The Labute approximate surface area is 160 Å². The second-order valence-corrected chi connectivity index (χ2v) is 8.42. The van der Waals surface area contributed by atoms with Crippen molar-refractivity contribution in [3.05, 3.63) is 23.0 Å². The predicted octanol–water partition coefficient (Wildman–Crippen LogP) is -0.705. The summed E-state index contributed by atoms with van der Waals surface area (Å²) in [6.07, 6.45) is -2.88. The molecule has 9 nitrogen and oxygen atoms in total.